The summed E-state index contributed by atoms with van der Waals surface area (Å²) in [5.74, 6) is 0.685. The third-order valence-corrected chi connectivity index (χ3v) is 5.76. The largest absolute Gasteiger partial charge is 0.490 e. The van der Waals surface area contributed by atoms with Crippen molar-refractivity contribution in [3.05, 3.63) is 64.7 Å². The Morgan fingerprint density at radius 3 is 2.69 bits per heavy atom. The molecule has 0 aromatic heterocycles. The molecule has 0 radical (unpaired) electrons. The summed E-state index contributed by atoms with van der Waals surface area (Å²) < 4.78 is 11.6. The number of para-hydroxylation sites is 1. The zero-order chi connectivity index (χ0) is 20.1. The van der Waals surface area contributed by atoms with Crippen LogP contribution >= 0.6 is 11.6 Å². The zero-order valence-corrected chi connectivity index (χ0v) is 17.3. The van der Waals surface area contributed by atoms with E-state index < -0.39 is 0 Å². The second-order valence-corrected chi connectivity index (χ2v) is 8.08. The van der Waals surface area contributed by atoms with Crippen LogP contribution in [0.5, 0.6) is 5.75 Å². The summed E-state index contributed by atoms with van der Waals surface area (Å²) in [6.45, 7) is 5.25. The average molecular weight is 415 g/mol. The van der Waals surface area contributed by atoms with Crippen molar-refractivity contribution in [3.8, 4) is 5.75 Å². The topological polar surface area (TPSA) is 42.0 Å². The summed E-state index contributed by atoms with van der Waals surface area (Å²) in [5, 5.41) is 0.760. The van der Waals surface area contributed by atoms with Gasteiger partial charge in [0.25, 0.3) is 5.91 Å². The summed E-state index contributed by atoms with van der Waals surface area (Å²) in [4.78, 5) is 17.4. The van der Waals surface area contributed by atoms with Crippen molar-refractivity contribution in [2.24, 2.45) is 0 Å². The number of piperazine rings is 1. The van der Waals surface area contributed by atoms with Crippen molar-refractivity contribution in [3.63, 3.8) is 0 Å². The van der Waals surface area contributed by atoms with Crippen LogP contribution in [0.25, 0.3) is 0 Å². The van der Waals surface area contributed by atoms with Crippen molar-refractivity contribution in [2.45, 2.75) is 25.5 Å². The maximum absolute atomic E-state index is 13.1. The van der Waals surface area contributed by atoms with E-state index in [9.17, 15) is 4.79 Å². The Morgan fingerprint density at radius 1 is 1.10 bits per heavy atom. The lowest BCUT2D eigenvalue weighted by molar-refractivity contribution is 0.0593. The normalized spacial score (nSPS) is 20.0. The Morgan fingerprint density at radius 2 is 1.93 bits per heavy atom. The molecule has 29 heavy (non-hydrogen) atoms. The van der Waals surface area contributed by atoms with Gasteiger partial charge in [-0.15, -0.1) is 0 Å². The fraction of sp³-hybridized carbons (Fsp3) is 0.435. The van der Waals surface area contributed by atoms with Gasteiger partial charge in [0.05, 0.1) is 11.7 Å². The minimum atomic E-state index is 0.0374. The standard InChI is InChI=1S/C23H27ClN2O3/c24-19-6-3-5-18(15-19)16-25-10-12-26(13-11-25)23(27)21-8-1-2-9-22(21)29-17-20-7-4-14-28-20/h1-3,5-6,8-9,15,20H,4,7,10-14,16-17H2. The second kappa shape index (κ2) is 9.61. The lowest BCUT2D eigenvalue weighted by Crippen LogP contribution is -2.48. The summed E-state index contributed by atoms with van der Waals surface area (Å²) in [6.07, 6.45) is 2.23. The fourth-order valence-corrected chi connectivity index (χ4v) is 4.11. The van der Waals surface area contributed by atoms with E-state index in [1.807, 2.05) is 47.4 Å². The summed E-state index contributed by atoms with van der Waals surface area (Å²) in [6, 6.07) is 15.5. The van der Waals surface area contributed by atoms with Gasteiger partial charge in [-0.05, 0) is 42.7 Å². The zero-order valence-electron chi connectivity index (χ0n) is 16.6. The van der Waals surface area contributed by atoms with E-state index in [-0.39, 0.29) is 12.0 Å². The van der Waals surface area contributed by atoms with Gasteiger partial charge in [0.2, 0.25) is 0 Å². The molecule has 1 unspecified atom stereocenters. The summed E-state index contributed by atoms with van der Waals surface area (Å²) in [5.41, 5.74) is 1.83. The van der Waals surface area contributed by atoms with Gasteiger partial charge in [0, 0.05) is 44.4 Å². The minimum Gasteiger partial charge on any atom is -0.490 e. The van der Waals surface area contributed by atoms with Crippen LogP contribution in [0.4, 0.5) is 0 Å². The third-order valence-electron chi connectivity index (χ3n) is 5.52. The van der Waals surface area contributed by atoms with Gasteiger partial charge >= 0.3 is 0 Å². The molecule has 5 nitrogen and oxygen atoms in total. The summed E-state index contributed by atoms with van der Waals surface area (Å²) >= 11 is 6.09. The SMILES string of the molecule is O=C(c1ccccc1OCC1CCCO1)N1CCN(Cc2cccc(Cl)c2)CC1. The lowest BCUT2D eigenvalue weighted by atomic mass is 10.1. The van der Waals surface area contributed by atoms with E-state index in [2.05, 4.69) is 11.0 Å². The highest BCUT2D eigenvalue weighted by atomic mass is 35.5. The molecule has 2 aliphatic heterocycles. The number of hydrogen-bond donors (Lipinski definition) is 0. The maximum Gasteiger partial charge on any atom is 0.257 e. The molecule has 0 saturated carbocycles. The molecule has 0 bridgehead atoms. The fourth-order valence-electron chi connectivity index (χ4n) is 3.90. The molecule has 1 amide bonds. The monoisotopic (exact) mass is 414 g/mol. The Bertz CT molecular complexity index is 830. The number of ether oxygens (including phenoxy) is 2. The average Bonchev–Trinajstić information content (AvgIpc) is 3.26. The van der Waals surface area contributed by atoms with Crippen LogP contribution in [0.2, 0.25) is 5.02 Å². The number of carbonyl (C=O) groups excluding carboxylic acids is 1. The number of halogens is 1. The molecule has 4 rings (SSSR count). The highest BCUT2D eigenvalue weighted by molar-refractivity contribution is 6.30. The molecule has 2 aromatic carbocycles. The molecule has 2 saturated heterocycles. The van der Waals surface area contributed by atoms with Crippen LogP contribution in [-0.4, -0.2) is 61.2 Å². The van der Waals surface area contributed by atoms with E-state index >= 15 is 0 Å². The van der Waals surface area contributed by atoms with Crippen LogP contribution in [-0.2, 0) is 11.3 Å². The van der Waals surface area contributed by atoms with E-state index in [1.165, 1.54) is 5.56 Å². The Hall–Kier alpha value is -2.08. The number of nitrogens with zero attached hydrogens (tertiary/aromatic N) is 2. The molecular formula is C23H27ClN2O3. The van der Waals surface area contributed by atoms with E-state index in [0.29, 0.717) is 31.0 Å². The number of amides is 1. The molecule has 2 aromatic rings. The molecule has 2 heterocycles. The number of benzene rings is 2. The molecule has 154 valence electrons. The van der Waals surface area contributed by atoms with Crippen molar-refractivity contribution in [1.82, 2.24) is 9.80 Å². The molecule has 2 fully saturated rings. The smallest absolute Gasteiger partial charge is 0.257 e. The van der Waals surface area contributed by atoms with Gasteiger partial charge in [-0.2, -0.15) is 0 Å². The number of hydrogen-bond acceptors (Lipinski definition) is 4. The molecule has 1 atom stereocenters. The van der Waals surface area contributed by atoms with Crippen molar-refractivity contribution in [1.29, 1.82) is 0 Å². The Kier molecular flexibility index (Phi) is 6.70. The van der Waals surface area contributed by atoms with Crippen molar-refractivity contribution >= 4 is 17.5 Å². The maximum atomic E-state index is 13.1. The van der Waals surface area contributed by atoms with Gasteiger partial charge in [0.1, 0.15) is 12.4 Å². The molecule has 0 N–H and O–H groups in total. The van der Waals surface area contributed by atoms with Gasteiger partial charge in [0.15, 0.2) is 0 Å². The van der Waals surface area contributed by atoms with Crippen molar-refractivity contribution < 1.29 is 14.3 Å². The van der Waals surface area contributed by atoms with Crippen LogP contribution < -0.4 is 4.74 Å². The first kappa shape index (κ1) is 20.2. The van der Waals surface area contributed by atoms with E-state index in [4.69, 9.17) is 21.1 Å². The molecular weight excluding hydrogens is 388 g/mol. The lowest BCUT2D eigenvalue weighted by Gasteiger charge is -2.35. The molecule has 6 heteroatoms. The quantitative estimate of drug-likeness (QED) is 0.719. The van der Waals surface area contributed by atoms with Gasteiger partial charge < -0.3 is 14.4 Å². The van der Waals surface area contributed by atoms with Gasteiger partial charge in [-0.3, -0.25) is 9.69 Å². The van der Waals surface area contributed by atoms with Crippen LogP contribution in [0.15, 0.2) is 48.5 Å². The predicted octanol–water partition coefficient (Wildman–Crippen LogP) is 3.86. The Labute approximate surface area is 177 Å². The second-order valence-electron chi connectivity index (χ2n) is 7.64. The first-order valence-electron chi connectivity index (χ1n) is 10.3. The molecule has 2 aliphatic rings. The number of rotatable bonds is 6. The van der Waals surface area contributed by atoms with Gasteiger partial charge in [-0.1, -0.05) is 35.9 Å². The minimum absolute atomic E-state index is 0.0374. The van der Waals surface area contributed by atoms with Crippen LogP contribution in [0, 0.1) is 0 Å². The molecule has 0 aliphatic carbocycles. The molecule has 0 spiro atoms. The first-order valence-corrected chi connectivity index (χ1v) is 10.7. The highest BCUT2D eigenvalue weighted by Gasteiger charge is 2.25. The van der Waals surface area contributed by atoms with Gasteiger partial charge in [-0.25, -0.2) is 0 Å². The van der Waals surface area contributed by atoms with E-state index in [0.717, 1.165) is 44.1 Å². The third kappa shape index (κ3) is 5.30. The highest BCUT2D eigenvalue weighted by Crippen LogP contribution is 2.23. The predicted molar refractivity (Wildman–Crippen MR) is 114 cm³/mol. The first-order chi connectivity index (χ1) is 14.2. The van der Waals surface area contributed by atoms with Crippen LogP contribution in [0.3, 0.4) is 0 Å². The summed E-state index contributed by atoms with van der Waals surface area (Å²) in [7, 11) is 0. The Balaban J connectivity index is 1.33. The van der Waals surface area contributed by atoms with Crippen LogP contribution in [0.1, 0.15) is 28.8 Å². The van der Waals surface area contributed by atoms with Crippen molar-refractivity contribution in [2.75, 3.05) is 39.4 Å². The van der Waals surface area contributed by atoms with E-state index in [1.54, 1.807) is 0 Å². The number of carbonyl (C=O) groups is 1.